The summed E-state index contributed by atoms with van der Waals surface area (Å²) in [5.41, 5.74) is 6.31. The highest BCUT2D eigenvalue weighted by Gasteiger charge is 2.25. The molecule has 0 bridgehead atoms. The van der Waals surface area contributed by atoms with Crippen LogP contribution in [0.1, 0.15) is 65.5 Å². The normalized spacial score (nSPS) is 16.0. The molecular weight excluding hydrogens is 376 g/mol. The van der Waals surface area contributed by atoms with Crippen molar-refractivity contribution in [2.75, 3.05) is 5.32 Å². The van der Waals surface area contributed by atoms with Crippen molar-refractivity contribution in [2.24, 2.45) is 0 Å². The Bertz CT molecular complexity index is 948. The number of anilines is 1. The molecule has 28 heavy (non-hydrogen) atoms. The van der Waals surface area contributed by atoms with Gasteiger partial charge in [0.1, 0.15) is 5.69 Å². The summed E-state index contributed by atoms with van der Waals surface area (Å²) in [6.45, 7) is 3.76. The summed E-state index contributed by atoms with van der Waals surface area (Å²) in [5.74, 6) is 0. The molecule has 0 fully saturated rings. The summed E-state index contributed by atoms with van der Waals surface area (Å²) in [4.78, 5) is 23.8. The van der Waals surface area contributed by atoms with Crippen LogP contribution in [0.4, 0.5) is 10.5 Å². The predicted octanol–water partition coefficient (Wildman–Crippen LogP) is 3.10. The Labute approximate surface area is 166 Å². The molecule has 2 aromatic rings. The van der Waals surface area contributed by atoms with Crippen LogP contribution in [0.3, 0.4) is 0 Å². The molecule has 0 saturated heterocycles. The van der Waals surface area contributed by atoms with E-state index in [9.17, 15) is 13.8 Å². The smallest absolute Gasteiger partial charge is 0.307 e. The molecule has 148 valence electrons. The van der Waals surface area contributed by atoms with Gasteiger partial charge in [-0.05, 0) is 74.6 Å². The number of amides is 2. The number of carbonyl (C=O) groups is 2. The number of aldehydes is 1. The van der Waals surface area contributed by atoms with Gasteiger partial charge in [-0.2, -0.15) is 5.10 Å². The molecule has 0 saturated carbocycles. The SMILES string of the molecule is CC(C)n1nc(S(=O)NC(=O)Nc2c3c(cc4c2CCC4)CCC3)cc1C=O. The molecule has 2 aliphatic carbocycles. The number of rotatable bonds is 5. The lowest BCUT2D eigenvalue weighted by atomic mass is 9.99. The quantitative estimate of drug-likeness (QED) is 0.754. The third-order valence-corrected chi connectivity index (χ3v) is 6.39. The summed E-state index contributed by atoms with van der Waals surface area (Å²) < 4.78 is 16.5. The number of hydrogen-bond acceptors (Lipinski definition) is 4. The molecule has 1 unspecified atom stereocenters. The highest BCUT2D eigenvalue weighted by Crippen LogP contribution is 2.38. The van der Waals surface area contributed by atoms with Crippen LogP contribution < -0.4 is 10.0 Å². The van der Waals surface area contributed by atoms with Crippen molar-refractivity contribution in [1.29, 1.82) is 0 Å². The first kappa shape index (κ1) is 18.9. The Morgan fingerprint density at radius 3 is 2.32 bits per heavy atom. The van der Waals surface area contributed by atoms with Crippen LogP contribution >= 0.6 is 0 Å². The first-order valence-electron chi connectivity index (χ1n) is 9.68. The summed E-state index contributed by atoms with van der Waals surface area (Å²) in [6, 6.07) is 3.18. The first-order valence-corrected chi connectivity index (χ1v) is 10.8. The summed E-state index contributed by atoms with van der Waals surface area (Å²) >= 11 is 0. The lowest BCUT2D eigenvalue weighted by Gasteiger charge is -2.16. The Morgan fingerprint density at radius 1 is 1.14 bits per heavy atom. The molecule has 1 aromatic heterocycles. The van der Waals surface area contributed by atoms with Crippen LogP contribution in [0, 0.1) is 0 Å². The third kappa shape index (κ3) is 3.37. The van der Waals surface area contributed by atoms with Gasteiger partial charge in [-0.1, -0.05) is 6.07 Å². The molecule has 1 atom stereocenters. The molecule has 1 heterocycles. The maximum atomic E-state index is 12.6. The zero-order valence-corrected chi connectivity index (χ0v) is 16.9. The highest BCUT2D eigenvalue weighted by atomic mass is 32.2. The zero-order chi connectivity index (χ0) is 19.8. The molecule has 2 N–H and O–H groups in total. The minimum atomic E-state index is -1.84. The van der Waals surface area contributed by atoms with E-state index in [4.69, 9.17) is 0 Å². The van der Waals surface area contributed by atoms with E-state index in [1.54, 1.807) is 0 Å². The van der Waals surface area contributed by atoms with Crippen LogP contribution in [0.15, 0.2) is 17.2 Å². The fraction of sp³-hybridized carbons (Fsp3) is 0.450. The van der Waals surface area contributed by atoms with Crippen LogP contribution in [0.5, 0.6) is 0 Å². The minimum Gasteiger partial charge on any atom is -0.307 e. The van der Waals surface area contributed by atoms with Gasteiger partial charge >= 0.3 is 6.03 Å². The Balaban J connectivity index is 1.53. The molecule has 0 aliphatic heterocycles. The van der Waals surface area contributed by atoms with Gasteiger partial charge < -0.3 is 5.32 Å². The van der Waals surface area contributed by atoms with Crippen molar-refractivity contribution >= 4 is 29.0 Å². The number of fused-ring (bicyclic) bond motifs is 2. The first-order chi connectivity index (χ1) is 13.5. The summed E-state index contributed by atoms with van der Waals surface area (Å²) in [5, 5.41) is 7.31. The lowest BCUT2D eigenvalue weighted by Crippen LogP contribution is -2.31. The van der Waals surface area contributed by atoms with Crippen LogP contribution in [-0.4, -0.2) is 26.3 Å². The number of benzene rings is 1. The van der Waals surface area contributed by atoms with Crippen molar-refractivity contribution in [3.8, 4) is 0 Å². The second kappa shape index (κ2) is 7.50. The number of carbonyl (C=O) groups excluding carboxylic acids is 2. The summed E-state index contributed by atoms with van der Waals surface area (Å²) in [6.07, 6.45) is 6.89. The number of hydrogen-bond donors (Lipinski definition) is 2. The Morgan fingerprint density at radius 2 is 1.79 bits per heavy atom. The fourth-order valence-corrected chi connectivity index (χ4v) is 4.93. The van der Waals surface area contributed by atoms with Crippen molar-refractivity contribution in [3.05, 3.63) is 40.1 Å². The second-order valence-electron chi connectivity index (χ2n) is 7.62. The molecule has 0 spiro atoms. The van der Waals surface area contributed by atoms with Crippen LogP contribution in [0.2, 0.25) is 0 Å². The lowest BCUT2D eigenvalue weighted by molar-refractivity contribution is 0.111. The van der Waals surface area contributed by atoms with Crippen LogP contribution in [0.25, 0.3) is 0 Å². The number of nitrogens with zero attached hydrogens (tertiary/aromatic N) is 2. The molecule has 1 aromatic carbocycles. The van der Waals surface area contributed by atoms with Gasteiger partial charge in [0.2, 0.25) is 0 Å². The van der Waals surface area contributed by atoms with Gasteiger partial charge in [0.25, 0.3) is 0 Å². The Kier molecular flexibility index (Phi) is 5.05. The van der Waals surface area contributed by atoms with Crippen molar-refractivity contribution in [2.45, 2.75) is 63.4 Å². The largest absolute Gasteiger partial charge is 0.331 e. The number of urea groups is 1. The van der Waals surface area contributed by atoms with Gasteiger partial charge in [0, 0.05) is 17.8 Å². The standard InChI is InChI=1S/C20H24N4O3S/c1-12(2)24-15(11-25)10-18(22-24)28(27)23-20(26)21-19-16-7-3-5-13(16)9-14-6-4-8-17(14)19/h9-12H,3-8H2,1-2H3,(H2,21,23,26). The van der Waals surface area contributed by atoms with Gasteiger partial charge in [-0.25, -0.2) is 9.00 Å². The van der Waals surface area contributed by atoms with Crippen molar-refractivity contribution < 1.29 is 13.8 Å². The van der Waals surface area contributed by atoms with E-state index in [2.05, 4.69) is 21.2 Å². The van der Waals surface area contributed by atoms with E-state index in [1.165, 1.54) is 33.0 Å². The third-order valence-electron chi connectivity index (χ3n) is 5.44. The van der Waals surface area contributed by atoms with E-state index >= 15 is 0 Å². The van der Waals surface area contributed by atoms with Crippen molar-refractivity contribution in [3.63, 3.8) is 0 Å². The maximum Gasteiger partial charge on any atom is 0.331 e. The molecular formula is C20H24N4O3S. The molecule has 4 rings (SSSR count). The minimum absolute atomic E-state index is 0.0470. The van der Waals surface area contributed by atoms with Gasteiger partial charge in [0.15, 0.2) is 22.3 Å². The number of aromatic nitrogens is 2. The molecule has 7 nitrogen and oxygen atoms in total. The van der Waals surface area contributed by atoms with E-state index in [0.29, 0.717) is 12.0 Å². The van der Waals surface area contributed by atoms with Gasteiger partial charge in [0.05, 0.1) is 0 Å². The number of aryl methyl sites for hydroxylation is 2. The predicted molar refractivity (Wildman–Crippen MR) is 107 cm³/mol. The van der Waals surface area contributed by atoms with E-state index < -0.39 is 17.0 Å². The number of nitrogens with one attached hydrogen (secondary N) is 2. The monoisotopic (exact) mass is 400 g/mol. The molecule has 2 amide bonds. The average Bonchev–Trinajstić information content (AvgIpc) is 3.39. The molecule has 8 heteroatoms. The van der Waals surface area contributed by atoms with E-state index in [0.717, 1.165) is 44.2 Å². The van der Waals surface area contributed by atoms with Gasteiger partial charge in [-0.15, -0.1) is 0 Å². The van der Waals surface area contributed by atoms with Gasteiger partial charge in [-0.3, -0.25) is 14.2 Å². The fourth-order valence-electron chi connectivity index (χ4n) is 4.22. The van der Waals surface area contributed by atoms with E-state index in [-0.39, 0.29) is 11.1 Å². The van der Waals surface area contributed by atoms with Crippen LogP contribution in [-0.2, 0) is 36.7 Å². The van der Waals surface area contributed by atoms with Crippen molar-refractivity contribution in [1.82, 2.24) is 14.5 Å². The molecule has 2 aliphatic rings. The highest BCUT2D eigenvalue weighted by molar-refractivity contribution is 7.83. The second-order valence-corrected chi connectivity index (χ2v) is 8.78. The Hall–Kier alpha value is -2.48. The summed E-state index contributed by atoms with van der Waals surface area (Å²) in [7, 11) is -1.84. The average molecular weight is 401 g/mol. The van der Waals surface area contributed by atoms with E-state index in [1.807, 2.05) is 13.8 Å². The molecule has 0 radical (unpaired) electrons. The zero-order valence-electron chi connectivity index (χ0n) is 16.1. The maximum absolute atomic E-state index is 12.6. The topological polar surface area (TPSA) is 93.1 Å².